The third-order valence-corrected chi connectivity index (χ3v) is 5.53. The van der Waals surface area contributed by atoms with Crippen LogP contribution in [0.2, 0.25) is 0 Å². The molecular formula is C15H23NO3. The molecule has 2 unspecified atom stereocenters. The lowest BCUT2D eigenvalue weighted by Gasteiger charge is -2.48. The molecule has 0 radical (unpaired) electrons. The van der Waals surface area contributed by atoms with Crippen molar-refractivity contribution in [2.75, 3.05) is 6.54 Å². The number of aliphatic carboxylic acids is 1. The van der Waals surface area contributed by atoms with Crippen molar-refractivity contribution < 1.29 is 14.7 Å². The van der Waals surface area contributed by atoms with Crippen LogP contribution in [0.15, 0.2) is 0 Å². The van der Waals surface area contributed by atoms with Crippen molar-refractivity contribution in [2.24, 2.45) is 11.3 Å². The molecule has 2 aliphatic carbocycles. The topological polar surface area (TPSA) is 57.6 Å². The monoisotopic (exact) mass is 265 g/mol. The van der Waals surface area contributed by atoms with Gasteiger partial charge in [0, 0.05) is 12.6 Å². The summed E-state index contributed by atoms with van der Waals surface area (Å²) in [6, 6.07) is 0.326. The Hall–Kier alpha value is -1.06. The number of carbonyl (C=O) groups is 2. The largest absolute Gasteiger partial charge is 0.480 e. The Morgan fingerprint density at radius 3 is 2.32 bits per heavy atom. The Bertz CT molecular complexity index is 387. The second kappa shape index (κ2) is 4.80. The maximum atomic E-state index is 12.7. The second-order valence-corrected chi connectivity index (χ2v) is 6.49. The predicted octanol–water partition coefficient (Wildman–Crippen LogP) is 2.42. The molecule has 1 aliphatic heterocycles. The standard InChI is InChI=1S/C15H23NO3/c17-13(15(14(18)19)8-4-9-15)16-10-3-6-11-5-1-2-7-12(11)16/h11-12H,1-10H2,(H,18,19). The fourth-order valence-corrected chi connectivity index (χ4v) is 4.20. The Labute approximate surface area is 114 Å². The molecule has 0 bridgehead atoms. The number of hydrogen-bond acceptors (Lipinski definition) is 2. The quantitative estimate of drug-likeness (QED) is 0.780. The molecule has 1 amide bonds. The number of nitrogens with zero attached hydrogens (tertiary/aromatic N) is 1. The number of hydrogen-bond donors (Lipinski definition) is 1. The lowest BCUT2D eigenvalue weighted by Crippen LogP contribution is -2.58. The molecule has 2 atom stereocenters. The fraction of sp³-hybridized carbons (Fsp3) is 0.867. The number of carbonyl (C=O) groups excluding carboxylic acids is 1. The molecule has 0 spiro atoms. The molecule has 4 nitrogen and oxygen atoms in total. The highest BCUT2D eigenvalue weighted by molar-refractivity contribution is 6.03. The van der Waals surface area contributed by atoms with Gasteiger partial charge in [0.15, 0.2) is 0 Å². The lowest BCUT2D eigenvalue weighted by molar-refractivity contribution is -0.170. The van der Waals surface area contributed by atoms with E-state index < -0.39 is 11.4 Å². The Balaban J connectivity index is 1.80. The van der Waals surface area contributed by atoms with Gasteiger partial charge in [0.1, 0.15) is 5.41 Å². The zero-order valence-electron chi connectivity index (χ0n) is 11.4. The van der Waals surface area contributed by atoms with Crippen LogP contribution in [0, 0.1) is 11.3 Å². The van der Waals surface area contributed by atoms with Crippen molar-refractivity contribution in [1.82, 2.24) is 4.90 Å². The third-order valence-electron chi connectivity index (χ3n) is 5.53. The number of carboxylic acid groups (broad SMARTS) is 1. The van der Waals surface area contributed by atoms with Crippen LogP contribution < -0.4 is 0 Å². The smallest absolute Gasteiger partial charge is 0.319 e. The van der Waals surface area contributed by atoms with Gasteiger partial charge in [-0.05, 0) is 44.4 Å². The first kappa shape index (κ1) is 12.9. The van der Waals surface area contributed by atoms with Gasteiger partial charge in [-0.25, -0.2) is 0 Å². The van der Waals surface area contributed by atoms with Crippen LogP contribution in [0.5, 0.6) is 0 Å². The van der Waals surface area contributed by atoms with Crippen LogP contribution in [0.25, 0.3) is 0 Å². The highest BCUT2D eigenvalue weighted by Crippen LogP contribution is 2.45. The van der Waals surface area contributed by atoms with Gasteiger partial charge in [-0.2, -0.15) is 0 Å². The van der Waals surface area contributed by atoms with Crippen LogP contribution in [0.4, 0.5) is 0 Å². The molecule has 106 valence electrons. The summed E-state index contributed by atoms with van der Waals surface area (Å²) in [7, 11) is 0. The minimum atomic E-state index is -1.07. The van der Waals surface area contributed by atoms with Crippen molar-refractivity contribution in [2.45, 2.75) is 63.8 Å². The molecule has 0 aromatic carbocycles. The Kier molecular flexibility index (Phi) is 3.27. The van der Waals surface area contributed by atoms with Gasteiger partial charge in [-0.15, -0.1) is 0 Å². The summed E-state index contributed by atoms with van der Waals surface area (Å²) >= 11 is 0. The minimum Gasteiger partial charge on any atom is -0.480 e. The maximum Gasteiger partial charge on any atom is 0.319 e. The lowest BCUT2D eigenvalue weighted by atomic mass is 9.66. The van der Waals surface area contributed by atoms with E-state index in [9.17, 15) is 14.7 Å². The molecule has 3 aliphatic rings. The van der Waals surface area contributed by atoms with Gasteiger partial charge in [0.25, 0.3) is 0 Å². The highest BCUT2D eigenvalue weighted by Gasteiger charge is 2.54. The number of rotatable bonds is 2. The van der Waals surface area contributed by atoms with Gasteiger partial charge >= 0.3 is 5.97 Å². The van der Waals surface area contributed by atoms with Crippen molar-refractivity contribution in [1.29, 1.82) is 0 Å². The Morgan fingerprint density at radius 1 is 1.00 bits per heavy atom. The van der Waals surface area contributed by atoms with E-state index in [1.807, 2.05) is 4.90 Å². The van der Waals surface area contributed by atoms with Gasteiger partial charge in [-0.1, -0.05) is 19.3 Å². The summed E-state index contributed by atoms with van der Waals surface area (Å²) in [5, 5.41) is 9.43. The van der Waals surface area contributed by atoms with E-state index in [-0.39, 0.29) is 5.91 Å². The van der Waals surface area contributed by atoms with E-state index in [1.54, 1.807) is 0 Å². The number of fused-ring (bicyclic) bond motifs is 1. The first-order valence-electron chi connectivity index (χ1n) is 7.70. The molecule has 1 saturated heterocycles. The van der Waals surface area contributed by atoms with Crippen molar-refractivity contribution >= 4 is 11.9 Å². The number of amides is 1. The minimum absolute atomic E-state index is 0.0807. The summed E-state index contributed by atoms with van der Waals surface area (Å²) in [5.74, 6) is -0.359. The van der Waals surface area contributed by atoms with Gasteiger partial charge in [0.05, 0.1) is 0 Å². The molecule has 3 rings (SSSR count). The molecule has 3 fully saturated rings. The average Bonchev–Trinajstić information content (AvgIpc) is 2.36. The molecule has 2 saturated carbocycles. The summed E-state index contributed by atoms with van der Waals surface area (Å²) in [6.45, 7) is 0.773. The predicted molar refractivity (Wildman–Crippen MR) is 70.6 cm³/mol. The second-order valence-electron chi connectivity index (χ2n) is 6.49. The van der Waals surface area contributed by atoms with E-state index in [4.69, 9.17) is 0 Å². The zero-order chi connectivity index (χ0) is 13.5. The fourth-order valence-electron chi connectivity index (χ4n) is 4.20. The molecule has 1 N–H and O–H groups in total. The number of piperidine rings is 1. The van der Waals surface area contributed by atoms with Crippen LogP contribution in [0.1, 0.15) is 57.8 Å². The van der Waals surface area contributed by atoms with Crippen LogP contribution >= 0.6 is 0 Å². The van der Waals surface area contributed by atoms with E-state index in [1.165, 1.54) is 25.7 Å². The van der Waals surface area contributed by atoms with Gasteiger partial charge in [0.2, 0.25) is 5.91 Å². The molecule has 1 heterocycles. The van der Waals surface area contributed by atoms with E-state index >= 15 is 0 Å². The summed E-state index contributed by atoms with van der Waals surface area (Å²) in [6.07, 6.45) is 8.96. The summed E-state index contributed by atoms with van der Waals surface area (Å²) in [4.78, 5) is 26.2. The average molecular weight is 265 g/mol. The van der Waals surface area contributed by atoms with Crippen molar-refractivity contribution in [3.8, 4) is 0 Å². The molecular weight excluding hydrogens is 242 g/mol. The molecule has 19 heavy (non-hydrogen) atoms. The van der Waals surface area contributed by atoms with Crippen molar-refractivity contribution in [3.63, 3.8) is 0 Å². The first-order valence-corrected chi connectivity index (χ1v) is 7.70. The Morgan fingerprint density at radius 2 is 1.68 bits per heavy atom. The number of carboxylic acids is 1. The molecule has 4 heteroatoms. The van der Waals surface area contributed by atoms with Gasteiger partial charge in [-0.3, -0.25) is 9.59 Å². The maximum absolute atomic E-state index is 12.7. The summed E-state index contributed by atoms with van der Waals surface area (Å²) in [5.41, 5.74) is -1.07. The molecule has 0 aromatic rings. The normalized spacial score (nSPS) is 33.2. The van der Waals surface area contributed by atoms with Crippen LogP contribution in [-0.2, 0) is 9.59 Å². The van der Waals surface area contributed by atoms with E-state index in [2.05, 4.69) is 0 Å². The van der Waals surface area contributed by atoms with Crippen molar-refractivity contribution in [3.05, 3.63) is 0 Å². The van der Waals surface area contributed by atoms with E-state index in [0.29, 0.717) is 24.8 Å². The number of likely N-dealkylation sites (tertiary alicyclic amines) is 1. The zero-order valence-corrected chi connectivity index (χ0v) is 11.4. The van der Waals surface area contributed by atoms with Crippen LogP contribution in [0.3, 0.4) is 0 Å². The highest BCUT2D eigenvalue weighted by atomic mass is 16.4. The van der Waals surface area contributed by atoms with Gasteiger partial charge < -0.3 is 10.0 Å². The van der Waals surface area contributed by atoms with Crippen LogP contribution in [-0.4, -0.2) is 34.5 Å². The summed E-state index contributed by atoms with van der Waals surface area (Å²) < 4.78 is 0. The van der Waals surface area contributed by atoms with E-state index in [0.717, 1.165) is 25.8 Å². The molecule has 0 aromatic heterocycles. The third kappa shape index (κ3) is 1.96. The first-order chi connectivity index (χ1) is 9.15. The SMILES string of the molecule is O=C(O)C1(C(=O)N2CCCC3CCCCC32)CCC1.